The Hall–Kier alpha value is -1.24. The third-order valence-corrected chi connectivity index (χ3v) is 7.54. The predicted octanol–water partition coefficient (Wildman–Crippen LogP) is 3.18. The van der Waals surface area contributed by atoms with Crippen molar-refractivity contribution in [1.29, 1.82) is 0 Å². The van der Waals surface area contributed by atoms with Crippen LogP contribution >= 0.6 is 0 Å². The third kappa shape index (κ3) is 4.13. The van der Waals surface area contributed by atoms with E-state index in [1.54, 1.807) is 0 Å². The van der Waals surface area contributed by atoms with Gasteiger partial charge in [-0.15, -0.1) is 0 Å². The van der Waals surface area contributed by atoms with E-state index in [-0.39, 0.29) is 6.03 Å². The fourth-order valence-electron chi connectivity index (χ4n) is 4.93. The number of hydrogen-bond acceptors (Lipinski definition) is 3. The van der Waals surface area contributed by atoms with Crippen LogP contribution in [0.25, 0.3) is 0 Å². The minimum Gasteiger partial charge on any atom is -0.593 e. The van der Waals surface area contributed by atoms with Gasteiger partial charge < -0.3 is 14.8 Å². The highest BCUT2D eigenvalue weighted by molar-refractivity contribution is 7.90. The Kier molecular flexibility index (Phi) is 5.67. The number of nitrogens with one attached hydrogen (secondary N) is 2. The molecule has 0 bridgehead atoms. The second-order valence-corrected chi connectivity index (χ2v) is 9.77. The van der Waals surface area contributed by atoms with Crippen molar-refractivity contribution in [2.45, 2.75) is 64.8 Å². The largest absolute Gasteiger partial charge is 0.593 e. The molecule has 2 aliphatic carbocycles. The molecule has 148 valence electrons. The second-order valence-electron chi connectivity index (χ2n) is 8.55. The number of urea groups is 1. The number of fused-ring (bicyclic) bond motifs is 2. The molecule has 1 aliphatic heterocycles. The molecule has 2 atom stereocenters. The van der Waals surface area contributed by atoms with Gasteiger partial charge in [0.05, 0.1) is 11.4 Å². The zero-order chi connectivity index (χ0) is 19.0. The maximum Gasteiger partial charge on any atom is 0.360 e. The number of carbonyl (C=O) groups is 1. The number of anilines is 1. The Morgan fingerprint density at radius 3 is 2.48 bits per heavy atom. The maximum atomic E-state index is 12.5. The lowest BCUT2D eigenvalue weighted by molar-refractivity contribution is 0.256. The van der Waals surface area contributed by atoms with E-state index in [1.165, 1.54) is 22.3 Å². The first kappa shape index (κ1) is 19.1. The topological polar surface area (TPSA) is 67.4 Å². The van der Waals surface area contributed by atoms with Gasteiger partial charge in [0, 0.05) is 24.2 Å². The van der Waals surface area contributed by atoms with Crippen molar-refractivity contribution in [3.63, 3.8) is 0 Å². The maximum absolute atomic E-state index is 12.5. The van der Waals surface area contributed by atoms with Gasteiger partial charge >= 0.3 is 6.03 Å². The minimum absolute atomic E-state index is 0.318. The molecule has 1 aromatic rings. The van der Waals surface area contributed by atoms with E-state index in [0.29, 0.717) is 17.7 Å². The molecule has 6 heteroatoms. The van der Waals surface area contributed by atoms with Crippen LogP contribution < -0.4 is 10.0 Å². The molecule has 0 radical (unpaired) electrons. The van der Waals surface area contributed by atoms with Crippen LogP contribution in [-0.2, 0) is 37.0 Å². The van der Waals surface area contributed by atoms with Crippen molar-refractivity contribution >= 4 is 23.1 Å². The third-order valence-electron chi connectivity index (χ3n) is 6.35. The fourth-order valence-corrected chi connectivity index (χ4v) is 5.97. The van der Waals surface area contributed by atoms with Crippen LogP contribution in [0.2, 0.25) is 0 Å². The highest BCUT2D eigenvalue weighted by Crippen LogP contribution is 2.38. The SMILES string of the molecule is CC(C)N1CCC(C[S+]([O-])NC(=O)Nc2c3c(cc4c2CCC4)CCC3)C1. The van der Waals surface area contributed by atoms with Crippen molar-refractivity contribution in [2.75, 3.05) is 24.2 Å². The molecule has 1 saturated heterocycles. The van der Waals surface area contributed by atoms with E-state index in [0.717, 1.165) is 63.7 Å². The summed E-state index contributed by atoms with van der Waals surface area (Å²) in [6.45, 7) is 6.43. The number of hydrogen-bond donors (Lipinski definition) is 2. The molecule has 4 rings (SSSR count). The summed E-state index contributed by atoms with van der Waals surface area (Å²) >= 11 is -1.33. The van der Waals surface area contributed by atoms with Gasteiger partial charge in [0.25, 0.3) is 0 Å². The molecule has 1 fully saturated rings. The van der Waals surface area contributed by atoms with E-state index < -0.39 is 11.4 Å². The standard InChI is InChI=1S/C21H31N3O2S/c1-14(2)24-10-9-15(12-24)13-27(26)23-21(25)22-20-18-7-3-5-16(18)11-17-6-4-8-19(17)20/h11,14-15H,3-10,12-13H2,1-2H3,(H2,22,23,25). The Balaban J connectivity index is 1.36. The summed E-state index contributed by atoms with van der Waals surface area (Å²) in [6, 6.07) is 2.57. The van der Waals surface area contributed by atoms with Gasteiger partial charge in [-0.3, -0.25) is 0 Å². The van der Waals surface area contributed by atoms with Gasteiger partial charge in [-0.25, -0.2) is 4.79 Å². The van der Waals surface area contributed by atoms with Crippen LogP contribution in [0.15, 0.2) is 6.07 Å². The van der Waals surface area contributed by atoms with Crippen LogP contribution in [0.4, 0.5) is 10.5 Å². The number of likely N-dealkylation sites (tertiary alicyclic amines) is 1. The van der Waals surface area contributed by atoms with Gasteiger partial charge in [0.1, 0.15) is 5.75 Å². The predicted molar refractivity (Wildman–Crippen MR) is 110 cm³/mol. The van der Waals surface area contributed by atoms with Gasteiger partial charge in [0.2, 0.25) is 0 Å². The summed E-state index contributed by atoms with van der Waals surface area (Å²) in [7, 11) is 0. The van der Waals surface area contributed by atoms with Crippen LogP contribution in [0.1, 0.15) is 55.4 Å². The van der Waals surface area contributed by atoms with E-state index in [9.17, 15) is 9.35 Å². The first-order valence-corrected chi connectivity index (χ1v) is 11.7. The Morgan fingerprint density at radius 1 is 1.22 bits per heavy atom. The normalized spacial score (nSPS) is 22.7. The molecule has 5 nitrogen and oxygen atoms in total. The molecule has 2 unspecified atom stereocenters. The number of nitrogens with zero attached hydrogens (tertiary/aromatic N) is 1. The van der Waals surface area contributed by atoms with Crippen LogP contribution in [-0.4, -0.2) is 40.4 Å². The van der Waals surface area contributed by atoms with E-state index in [2.05, 4.69) is 34.9 Å². The summed E-state index contributed by atoms with van der Waals surface area (Å²) < 4.78 is 15.1. The molecular formula is C21H31N3O2S. The van der Waals surface area contributed by atoms with Crippen molar-refractivity contribution in [1.82, 2.24) is 9.62 Å². The zero-order valence-corrected chi connectivity index (χ0v) is 17.3. The van der Waals surface area contributed by atoms with Gasteiger partial charge in [-0.1, -0.05) is 6.07 Å². The molecule has 2 N–H and O–H groups in total. The first-order valence-electron chi connectivity index (χ1n) is 10.4. The van der Waals surface area contributed by atoms with Gasteiger partial charge in [-0.05, 0) is 87.6 Å². The highest BCUT2D eigenvalue weighted by Gasteiger charge is 2.30. The van der Waals surface area contributed by atoms with Crippen LogP contribution in [0, 0.1) is 5.92 Å². The fraction of sp³-hybridized carbons (Fsp3) is 0.667. The first-order chi connectivity index (χ1) is 13.0. The van der Waals surface area contributed by atoms with Crippen molar-refractivity contribution < 1.29 is 9.35 Å². The van der Waals surface area contributed by atoms with E-state index in [4.69, 9.17) is 0 Å². The van der Waals surface area contributed by atoms with E-state index >= 15 is 0 Å². The number of rotatable bonds is 5. The molecule has 27 heavy (non-hydrogen) atoms. The second kappa shape index (κ2) is 8.02. The average molecular weight is 390 g/mol. The van der Waals surface area contributed by atoms with E-state index in [1.807, 2.05) is 0 Å². The monoisotopic (exact) mass is 389 g/mol. The summed E-state index contributed by atoms with van der Waals surface area (Å²) in [5.74, 6) is 0.945. The molecule has 2 amide bonds. The highest BCUT2D eigenvalue weighted by atomic mass is 32.2. The molecular weight excluding hydrogens is 358 g/mol. The Morgan fingerprint density at radius 2 is 1.89 bits per heavy atom. The molecule has 0 spiro atoms. The molecule has 3 aliphatic rings. The molecule has 1 heterocycles. The summed E-state index contributed by atoms with van der Waals surface area (Å²) in [6.07, 6.45) is 7.68. The van der Waals surface area contributed by atoms with Gasteiger partial charge in [-0.2, -0.15) is 4.72 Å². The summed E-state index contributed by atoms with van der Waals surface area (Å²) in [4.78, 5) is 15.0. The van der Waals surface area contributed by atoms with Crippen molar-refractivity contribution in [3.8, 4) is 0 Å². The zero-order valence-electron chi connectivity index (χ0n) is 16.5. The van der Waals surface area contributed by atoms with Crippen LogP contribution in [0.3, 0.4) is 0 Å². The lowest BCUT2D eigenvalue weighted by Gasteiger charge is -2.21. The van der Waals surface area contributed by atoms with Gasteiger partial charge in [0.15, 0.2) is 0 Å². The molecule has 0 aromatic heterocycles. The number of carbonyl (C=O) groups excluding carboxylic acids is 1. The smallest absolute Gasteiger partial charge is 0.360 e. The molecule has 0 saturated carbocycles. The summed E-state index contributed by atoms with van der Waals surface area (Å²) in [5.41, 5.74) is 6.41. The minimum atomic E-state index is -1.33. The van der Waals surface area contributed by atoms with Crippen molar-refractivity contribution in [2.24, 2.45) is 5.92 Å². The lowest BCUT2D eigenvalue weighted by Crippen LogP contribution is -2.38. The quantitative estimate of drug-likeness (QED) is 0.760. The average Bonchev–Trinajstić information content (AvgIpc) is 3.33. The lowest BCUT2D eigenvalue weighted by atomic mass is 9.99. The summed E-state index contributed by atoms with van der Waals surface area (Å²) in [5, 5.41) is 3.07. The van der Waals surface area contributed by atoms with Crippen LogP contribution in [0.5, 0.6) is 0 Å². The Bertz CT molecular complexity index is 690. The number of benzene rings is 1. The molecule has 1 aromatic carbocycles. The van der Waals surface area contributed by atoms with Crippen molar-refractivity contribution in [3.05, 3.63) is 28.3 Å². The number of aryl methyl sites for hydroxylation is 2. The number of amides is 2. The Labute approximate surface area is 165 Å².